The summed E-state index contributed by atoms with van der Waals surface area (Å²) < 4.78 is 1.91. The molecule has 0 aliphatic heterocycles. The topological polar surface area (TPSA) is 110 Å². The van der Waals surface area contributed by atoms with Gasteiger partial charge in [-0.1, -0.05) is 0 Å². The number of nitrogens with two attached hydrogens (primary N) is 1. The number of imidazole rings is 1. The molecule has 7 nitrogen and oxygen atoms in total. The molecule has 7 heteroatoms. The van der Waals surface area contributed by atoms with Crippen LogP contribution in [-0.4, -0.2) is 41.9 Å². The van der Waals surface area contributed by atoms with Crippen LogP contribution in [0.1, 0.15) is 25.3 Å². The van der Waals surface area contributed by atoms with E-state index >= 15 is 0 Å². The molecule has 2 aromatic heterocycles. The first-order chi connectivity index (χ1) is 8.66. The molecule has 0 bridgehead atoms. The summed E-state index contributed by atoms with van der Waals surface area (Å²) in [6, 6.07) is 0.0858. The third-order valence-corrected chi connectivity index (χ3v) is 3.53. The monoisotopic (exact) mass is 249 g/mol. The van der Waals surface area contributed by atoms with Crippen LogP contribution in [0.3, 0.4) is 0 Å². The van der Waals surface area contributed by atoms with Gasteiger partial charge in [0.15, 0.2) is 11.5 Å². The SMILES string of the molecule is Nc1ncnc2c1ncn2[C@H]1CC[C@H](O)[C@H](O)C1. The van der Waals surface area contributed by atoms with E-state index in [0.717, 1.165) is 6.42 Å². The molecule has 0 amide bonds. The van der Waals surface area contributed by atoms with Gasteiger partial charge in [0.2, 0.25) is 0 Å². The van der Waals surface area contributed by atoms with E-state index in [9.17, 15) is 10.2 Å². The van der Waals surface area contributed by atoms with Gasteiger partial charge >= 0.3 is 0 Å². The first-order valence-corrected chi connectivity index (χ1v) is 5.96. The molecule has 0 radical (unpaired) electrons. The Kier molecular flexibility index (Phi) is 2.64. The van der Waals surface area contributed by atoms with Crippen molar-refractivity contribution in [3.63, 3.8) is 0 Å². The number of fused-ring (bicyclic) bond motifs is 1. The van der Waals surface area contributed by atoms with Crippen LogP contribution in [0.15, 0.2) is 12.7 Å². The highest BCUT2D eigenvalue weighted by atomic mass is 16.3. The van der Waals surface area contributed by atoms with Crippen LogP contribution in [-0.2, 0) is 0 Å². The van der Waals surface area contributed by atoms with Gasteiger partial charge in [0.25, 0.3) is 0 Å². The minimum Gasteiger partial charge on any atom is -0.390 e. The van der Waals surface area contributed by atoms with Gasteiger partial charge in [-0.2, -0.15) is 0 Å². The highest BCUT2D eigenvalue weighted by Crippen LogP contribution is 2.31. The van der Waals surface area contributed by atoms with E-state index in [4.69, 9.17) is 5.73 Å². The van der Waals surface area contributed by atoms with Crippen molar-refractivity contribution in [2.45, 2.75) is 37.5 Å². The Morgan fingerprint density at radius 1 is 1.17 bits per heavy atom. The van der Waals surface area contributed by atoms with Crippen molar-refractivity contribution in [3.05, 3.63) is 12.7 Å². The molecule has 1 aliphatic rings. The molecule has 1 aliphatic carbocycles. The molecule has 0 spiro atoms. The molecule has 3 rings (SSSR count). The molecule has 18 heavy (non-hydrogen) atoms. The zero-order valence-electron chi connectivity index (χ0n) is 9.77. The fraction of sp³-hybridized carbons (Fsp3) is 0.545. The van der Waals surface area contributed by atoms with Crippen molar-refractivity contribution < 1.29 is 10.2 Å². The third kappa shape index (κ3) is 1.72. The number of hydrogen-bond acceptors (Lipinski definition) is 6. The summed E-state index contributed by atoms with van der Waals surface area (Å²) in [5, 5.41) is 19.3. The molecule has 96 valence electrons. The fourth-order valence-electron chi connectivity index (χ4n) is 2.50. The number of anilines is 1. The van der Waals surface area contributed by atoms with Gasteiger partial charge < -0.3 is 20.5 Å². The summed E-state index contributed by atoms with van der Waals surface area (Å²) in [6.45, 7) is 0. The number of aliphatic hydroxyl groups is 2. The smallest absolute Gasteiger partial charge is 0.165 e. The Labute approximate surface area is 103 Å². The van der Waals surface area contributed by atoms with Crippen molar-refractivity contribution in [1.29, 1.82) is 0 Å². The maximum atomic E-state index is 9.73. The van der Waals surface area contributed by atoms with Crippen molar-refractivity contribution in [2.75, 3.05) is 5.73 Å². The summed E-state index contributed by atoms with van der Waals surface area (Å²) in [7, 11) is 0. The van der Waals surface area contributed by atoms with Crippen LogP contribution in [0.4, 0.5) is 5.82 Å². The molecular formula is C11H15N5O2. The highest BCUT2D eigenvalue weighted by Gasteiger charge is 2.29. The van der Waals surface area contributed by atoms with Crippen LogP contribution in [0.5, 0.6) is 0 Å². The van der Waals surface area contributed by atoms with E-state index < -0.39 is 12.2 Å². The van der Waals surface area contributed by atoms with Crippen LogP contribution >= 0.6 is 0 Å². The molecule has 1 saturated carbocycles. The van der Waals surface area contributed by atoms with Crippen molar-refractivity contribution >= 4 is 17.0 Å². The molecule has 2 aromatic rings. The normalized spacial score (nSPS) is 28.7. The van der Waals surface area contributed by atoms with Crippen LogP contribution in [0.25, 0.3) is 11.2 Å². The Morgan fingerprint density at radius 2 is 2.00 bits per heavy atom. The van der Waals surface area contributed by atoms with Gasteiger partial charge in [-0.15, -0.1) is 0 Å². The van der Waals surface area contributed by atoms with Crippen LogP contribution < -0.4 is 5.73 Å². The van der Waals surface area contributed by atoms with Gasteiger partial charge in [-0.3, -0.25) is 0 Å². The Balaban J connectivity index is 1.98. The summed E-state index contributed by atoms with van der Waals surface area (Å²) in [4.78, 5) is 12.3. The van der Waals surface area contributed by atoms with Gasteiger partial charge in [0.1, 0.15) is 11.8 Å². The van der Waals surface area contributed by atoms with E-state index in [-0.39, 0.29) is 6.04 Å². The fourth-order valence-corrected chi connectivity index (χ4v) is 2.50. The zero-order chi connectivity index (χ0) is 12.7. The van der Waals surface area contributed by atoms with Gasteiger partial charge in [0.05, 0.1) is 18.5 Å². The lowest BCUT2D eigenvalue weighted by molar-refractivity contribution is -0.0226. The maximum absolute atomic E-state index is 9.73. The summed E-state index contributed by atoms with van der Waals surface area (Å²) in [5.41, 5.74) is 6.99. The third-order valence-electron chi connectivity index (χ3n) is 3.53. The second-order valence-electron chi connectivity index (χ2n) is 4.68. The average molecular weight is 249 g/mol. The molecule has 1 fully saturated rings. The number of hydrogen-bond donors (Lipinski definition) is 3. The predicted octanol–water partition coefficient (Wildman–Crippen LogP) is -0.145. The predicted molar refractivity (Wildman–Crippen MR) is 64.6 cm³/mol. The lowest BCUT2D eigenvalue weighted by atomic mass is 9.90. The van der Waals surface area contributed by atoms with E-state index in [1.807, 2.05) is 4.57 Å². The van der Waals surface area contributed by atoms with Crippen LogP contribution in [0, 0.1) is 0 Å². The van der Waals surface area contributed by atoms with E-state index in [2.05, 4.69) is 15.0 Å². The van der Waals surface area contributed by atoms with Gasteiger partial charge in [-0.25, -0.2) is 15.0 Å². The second-order valence-corrected chi connectivity index (χ2v) is 4.68. The Hall–Kier alpha value is -1.73. The first kappa shape index (κ1) is 11.4. The molecule has 0 unspecified atom stereocenters. The Bertz CT molecular complexity index is 570. The van der Waals surface area contributed by atoms with E-state index in [1.54, 1.807) is 6.33 Å². The minimum absolute atomic E-state index is 0.0858. The zero-order valence-corrected chi connectivity index (χ0v) is 9.77. The number of nitrogen functional groups attached to an aromatic ring is 1. The average Bonchev–Trinajstić information content (AvgIpc) is 2.78. The standard InChI is InChI=1S/C11H15N5O2/c12-10-9-11(14-4-13-10)16(5-15-9)6-1-2-7(17)8(18)3-6/h4-8,17-18H,1-3H2,(H2,12,13,14)/t6-,7-,8+/m0/s1. The summed E-state index contributed by atoms with van der Waals surface area (Å²) in [5.74, 6) is 0.357. The number of nitrogens with zero attached hydrogens (tertiary/aromatic N) is 4. The first-order valence-electron chi connectivity index (χ1n) is 5.96. The summed E-state index contributed by atoms with van der Waals surface area (Å²) >= 11 is 0. The molecule has 0 aromatic carbocycles. The van der Waals surface area contributed by atoms with Crippen LogP contribution in [0.2, 0.25) is 0 Å². The van der Waals surface area contributed by atoms with Gasteiger partial charge in [-0.05, 0) is 19.3 Å². The summed E-state index contributed by atoms with van der Waals surface area (Å²) in [6.07, 6.45) is 3.61. The van der Waals surface area contributed by atoms with Gasteiger partial charge in [0, 0.05) is 6.04 Å². The lowest BCUT2D eigenvalue weighted by Crippen LogP contribution is -2.34. The quantitative estimate of drug-likeness (QED) is 0.648. The number of rotatable bonds is 1. The lowest BCUT2D eigenvalue weighted by Gasteiger charge is -2.30. The Morgan fingerprint density at radius 3 is 2.78 bits per heavy atom. The van der Waals surface area contributed by atoms with E-state index in [0.29, 0.717) is 29.8 Å². The number of aromatic nitrogens is 4. The molecular weight excluding hydrogens is 234 g/mol. The molecule has 4 N–H and O–H groups in total. The molecule has 3 atom stereocenters. The minimum atomic E-state index is -0.694. The van der Waals surface area contributed by atoms with Crippen molar-refractivity contribution in [1.82, 2.24) is 19.5 Å². The second kappa shape index (κ2) is 4.18. The van der Waals surface area contributed by atoms with Crippen molar-refractivity contribution in [2.24, 2.45) is 0 Å². The van der Waals surface area contributed by atoms with E-state index in [1.165, 1.54) is 6.33 Å². The maximum Gasteiger partial charge on any atom is 0.165 e. The molecule has 2 heterocycles. The van der Waals surface area contributed by atoms with Crippen molar-refractivity contribution in [3.8, 4) is 0 Å². The largest absolute Gasteiger partial charge is 0.390 e. The highest BCUT2D eigenvalue weighted by molar-refractivity contribution is 5.81. The molecule has 0 saturated heterocycles. The number of aliphatic hydroxyl groups excluding tert-OH is 2.